The van der Waals surface area contributed by atoms with Crippen molar-refractivity contribution in [3.8, 4) is 11.5 Å². The van der Waals surface area contributed by atoms with Gasteiger partial charge < -0.3 is 25.8 Å². The minimum atomic E-state index is -1.81. The molecule has 0 fully saturated rings. The lowest BCUT2D eigenvalue weighted by Gasteiger charge is -2.28. The number of carbonyl (C=O) groups is 1. The van der Waals surface area contributed by atoms with E-state index in [0.717, 1.165) is 19.3 Å². The number of allylic oxidation sites excluding steroid dienone is 1. The lowest BCUT2D eigenvalue weighted by Crippen LogP contribution is -2.59. The summed E-state index contributed by atoms with van der Waals surface area (Å²) in [6.07, 6.45) is 19.6. The summed E-state index contributed by atoms with van der Waals surface area (Å²) in [5.74, 6) is -0.317. The fraction of sp³-hybridized carbons (Fsp3) is 0.607. The van der Waals surface area contributed by atoms with Gasteiger partial charge >= 0.3 is 0 Å². The van der Waals surface area contributed by atoms with Crippen molar-refractivity contribution in [1.82, 2.24) is 0 Å². The van der Waals surface area contributed by atoms with Crippen LogP contribution in [0.15, 0.2) is 36.4 Å². The van der Waals surface area contributed by atoms with Gasteiger partial charge in [-0.25, -0.2) is 0 Å². The molecule has 34 heavy (non-hydrogen) atoms. The van der Waals surface area contributed by atoms with Crippen LogP contribution in [0.4, 0.5) is 0 Å². The Morgan fingerprint density at radius 1 is 1.06 bits per heavy atom. The maximum Gasteiger partial charge on any atom is 0.180 e. The van der Waals surface area contributed by atoms with Gasteiger partial charge in [0.15, 0.2) is 17.3 Å². The molecule has 0 unspecified atom stereocenters. The molecule has 0 spiro atoms. The summed E-state index contributed by atoms with van der Waals surface area (Å²) in [7, 11) is 1.43. The second-order valence-corrected chi connectivity index (χ2v) is 9.02. The van der Waals surface area contributed by atoms with Crippen LogP contribution >= 0.6 is 0 Å². The SMILES string of the molecule is CCCCCCCCCCCCC/C=C/[C@@H](O)[C@@](N)(CO)C(=O)/C=C/c1ccc(O)c(OC)c1. The van der Waals surface area contributed by atoms with Crippen LogP contribution < -0.4 is 10.5 Å². The number of nitrogens with two attached hydrogens (primary N) is 1. The number of phenols is 1. The molecule has 0 aliphatic carbocycles. The van der Waals surface area contributed by atoms with E-state index < -0.39 is 24.0 Å². The number of rotatable bonds is 19. The Kier molecular flexibility index (Phi) is 15.2. The zero-order valence-corrected chi connectivity index (χ0v) is 21.0. The van der Waals surface area contributed by atoms with Crippen molar-refractivity contribution in [3.63, 3.8) is 0 Å². The lowest BCUT2D eigenvalue weighted by molar-refractivity contribution is -0.124. The Hall–Kier alpha value is -2.15. The molecule has 0 saturated carbocycles. The van der Waals surface area contributed by atoms with Gasteiger partial charge in [0.05, 0.1) is 19.8 Å². The normalized spacial score (nSPS) is 14.5. The third-order valence-electron chi connectivity index (χ3n) is 6.17. The highest BCUT2D eigenvalue weighted by molar-refractivity contribution is 6.01. The van der Waals surface area contributed by atoms with Gasteiger partial charge in [0.2, 0.25) is 0 Å². The zero-order chi connectivity index (χ0) is 25.2. The number of unbranched alkanes of at least 4 members (excludes halogenated alkanes) is 11. The lowest BCUT2D eigenvalue weighted by atomic mass is 9.88. The first-order valence-electron chi connectivity index (χ1n) is 12.7. The molecule has 0 aliphatic heterocycles. The summed E-state index contributed by atoms with van der Waals surface area (Å²) >= 11 is 0. The number of hydrogen-bond acceptors (Lipinski definition) is 6. The van der Waals surface area contributed by atoms with E-state index in [0.29, 0.717) is 5.56 Å². The number of aliphatic hydroxyl groups is 2. The van der Waals surface area contributed by atoms with Gasteiger partial charge in [0.1, 0.15) is 5.54 Å². The molecule has 0 amide bonds. The van der Waals surface area contributed by atoms with Gasteiger partial charge in [0, 0.05) is 0 Å². The Bertz CT molecular complexity index is 761. The monoisotopic (exact) mass is 475 g/mol. The number of carbonyl (C=O) groups excluding carboxylic acids is 1. The van der Waals surface area contributed by atoms with E-state index in [1.54, 1.807) is 12.1 Å². The van der Waals surface area contributed by atoms with Crippen molar-refractivity contribution in [2.24, 2.45) is 5.73 Å². The number of benzene rings is 1. The molecular weight excluding hydrogens is 430 g/mol. The molecule has 0 aliphatic rings. The molecule has 5 N–H and O–H groups in total. The molecule has 0 saturated heterocycles. The maximum atomic E-state index is 12.6. The van der Waals surface area contributed by atoms with Crippen molar-refractivity contribution in [2.45, 2.75) is 95.6 Å². The van der Waals surface area contributed by atoms with E-state index in [9.17, 15) is 20.1 Å². The minimum absolute atomic E-state index is 0.00660. The van der Waals surface area contributed by atoms with E-state index in [1.165, 1.54) is 89.2 Å². The number of aliphatic hydroxyl groups excluding tert-OH is 2. The Morgan fingerprint density at radius 2 is 1.65 bits per heavy atom. The topological polar surface area (TPSA) is 113 Å². The van der Waals surface area contributed by atoms with E-state index >= 15 is 0 Å². The molecule has 0 bridgehead atoms. The van der Waals surface area contributed by atoms with Crippen LogP contribution in [0, 0.1) is 0 Å². The van der Waals surface area contributed by atoms with Crippen LogP contribution in [0.25, 0.3) is 6.08 Å². The van der Waals surface area contributed by atoms with E-state index in [1.807, 2.05) is 6.08 Å². The first kappa shape index (κ1) is 29.9. The van der Waals surface area contributed by atoms with Gasteiger partial charge in [-0.1, -0.05) is 95.4 Å². The number of phenolic OH excluding ortho intramolecular Hbond substituents is 1. The Morgan fingerprint density at radius 3 is 2.21 bits per heavy atom. The highest BCUT2D eigenvalue weighted by Crippen LogP contribution is 2.27. The third kappa shape index (κ3) is 10.9. The molecule has 0 aromatic heterocycles. The maximum absolute atomic E-state index is 12.6. The molecule has 1 aromatic rings. The molecule has 0 heterocycles. The highest BCUT2D eigenvalue weighted by Gasteiger charge is 2.38. The molecule has 0 radical (unpaired) electrons. The number of ether oxygens (including phenoxy) is 1. The summed E-state index contributed by atoms with van der Waals surface area (Å²) in [5.41, 5.74) is 4.86. The van der Waals surface area contributed by atoms with Crippen molar-refractivity contribution >= 4 is 11.9 Å². The second-order valence-electron chi connectivity index (χ2n) is 9.02. The first-order valence-corrected chi connectivity index (χ1v) is 12.7. The minimum Gasteiger partial charge on any atom is -0.504 e. The smallest absolute Gasteiger partial charge is 0.180 e. The van der Waals surface area contributed by atoms with Crippen LogP contribution in [-0.4, -0.2) is 46.5 Å². The standard InChI is InChI=1S/C28H45NO5/c1-3-4-5-6-7-8-9-10-11-12-13-14-15-16-26(32)28(29,22-30)27(33)20-18-23-17-19-24(31)25(21-23)34-2/h15-21,26,30-32H,3-14,22,29H2,1-2H3/b16-15+,20-18+/t26-,28+/m1/s1. The zero-order valence-electron chi connectivity index (χ0n) is 21.0. The fourth-order valence-electron chi connectivity index (χ4n) is 3.77. The van der Waals surface area contributed by atoms with Gasteiger partial charge in [-0.05, 0) is 36.6 Å². The molecule has 6 nitrogen and oxygen atoms in total. The van der Waals surface area contributed by atoms with E-state index in [2.05, 4.69) is 6.92 Å². The quantitative estimate of drug-likeness (QED) is 0.123. The van der Waals surface area contributed by atoms with E-state index in [4.69, 9.17) is 10.5 Å². The van der Waals surface area contributed by atoms with Crippen molar-refractivity contribution in [1.29, 1.82) is 0 Å². The number of aromatic hydroxyl groups is 1. The first-order chi connectivity index (χ1) is 16.4. The van der Waals surface area contributed by atoms with E-state index in [-0.39, 0.29) is 11.5 Å². The van der Waals surface area contributed by atoms with Crippen LogP contribution in [0.1, 0.15) is 89.5 Å². The van der Waals surface area contributed by atoms with Crippen molar-refractivity contribution in [2.75, 3.05) is 13.7 Å². The molecule has 2 atom stereocenters. The molecular formula is C28H45NO5. The average molecular weight is 476 g/mol. The summed E-state index contributed by atoms with van der Waals surface area (Å²) in [6.45, 7) is 1.56. The molecule has 6 heteroatoms. The molecule has 1 aromatic carbocycles. The molecule has 192 valence electrons. The summed E-state index contributed by atoms with van der Waals surface area (Å²) in [6, 6.07) is 4.64. The van der Waals surface area contributed by atoms with Gasteiger partial charge in [0.25, 0.3) is 0 Å². The van der Waals surface area contributed by atoms with Gasteiger partial charge in [-0.15, -0.1) is 0 Å². The van der Waals surface area contributed by atoms with Crippen molar-refractivity contribution < 1.29 is 24.9 Å². The average Bonchev–Trinajstić information content (AvgIpc) is 2.85. The summed E-state index contributed by atoms with van der Waals surface area (Å²) in [4.78, 5) is 12.6. The van der Waals surface area contributed by atoms with Crippen LogP contribution in [0.2, 0.25) is 0 Å². The largest absolute Gasteiger partial charge is 0.504 e. The highest BCUT2D eigenvalue weighted by atomic mass is 16.5. The van der Waals surface area contributed by atoms with Gasteiger partial charge in [-0.3, -0.25) is 4.79 Å². The summed E-state index contributed by atoms with van der Waals surface area (Å²) in [5, 5.41) is 29.8. The predicted octanol–water partition coefficient (Wildman–Crippen LogP) is 5.29. The second kappa shape index (κ2) is 17.3. The third-order valence-corrected chi connectivity index (χ3v) is 6.17. The van der Waals surface area contributed by atoms with Crippen LogP contribution in [-0.2, 0) is 4.79 Å². The predicted molar refractivity (Wildman–Crippen MR) is 139 cm³/mol. The number of methoxy groups -OCH3 is 1. The van der Waals surface area contributed by atoms with Crippen LogP contribution in [0.3, 0.4) is 0 Å². The van der Waals surface area contributed by atoms with Crippen LogP contribution in [0.5, 0.6) is 11.5 Å². The Labute approximate surface area is 205 Å². The number of ketones is 1. The Balaban J connectivity index is 2.37. The number of hydrogen-bond donors (Lipinski definition) is 4. The molecule has 1 rings (SSSR count). The fourth-order valence-corrected chi connectivity index (χ4v) is 3.77. The van der Waals surface area contributed by atoms with Gasteiger partial charge in [-0.2, -0.15) is 0 Å². The summed E-state index contributed by atoms with van der Waals surface area (Å²) < 4.78 is 5.05. The van der Waals surface area contributed by atoms with Crippen molar-refractivity contribution in [3.05, 3.63) is 42.0 Å².